The van der Waals surface area contributed by atoms with E-state index in [1.165, 1.54) is 6.07 Å². The molecule has 0 aliphatic carbocycles. The highest BCUT2D eigenvalue weighted by atomic mass is 19.1. The predicted molar refractivity (Wildman–Crippen MR) is 83.2 cm³/mol. The number of carbonyl (C=O) groups excluding carboxylic acids is 1. The second-order valence-electron chi connectivity index (χ2n) is 5.01. The molecule has 0 radical (unpaired) electrons. The van der Waals surface area contributed by atoms with E-state index in [0.717, 1.165) is 16.9 Å². The monoisotopic (exact) mass is 302 g/mol. The van der Waals surface area contributed by atoms with Crippen molar-refractivity contribution in [3.8, 4) is 5.75 Å². The van der Waals surface area contributed by atoms with Crippen molar-refractivity contribution in [1.82, 2.24) is 10.6 Å². The number of halogens is 1. The smallest absolute Gasteiger partial charge is 0.317 e. The van der Waals surface area contributed by atoms with Gasteiger partial charge in [-0.1, -0.05) is 35.9 Å². The SMILES string of the molecule is Cc1ccc(OCNC(=O)NCc2ccccc2F)c(C)c1. The molecule has 2 amide bonds. The van der Waals surface area contributed by atoms with Crippen LogP contribution in [0.4, 0.5) is 9.18 Å². The minimum Gasteiger partial charge on any atom is -0.473 e. The Balaban J connectivity index is 1.75. The number of aryl methyl sites for hydroxylation is 2. The van der Waals surface area contributed by atoms with Gasteiger partial charge in [-0.25, -0.2) is 9.18 Å². The third-order valence-electron chi connectivity index (χ3n) is 3.19. The summed E-state index contributed by atoms with van der Waals surface area (Å²) < 4.78 is 18.9. The molecule has 2 aromatic rings. The van der Waals surface area contributed by atoms with Crippen LogP contribution in [0.2, 0.25) is 0 Å². The first kappa shape index (κ1) is 15.8. The Hall–Kier alpha value is -2.56. The number of benzene rings is 2. The van der Waals surface area contributed by atoms with Gasteiger partial charge in [-0.2, -0.15) is 0 Å². The fraction of sp³-hybridized carbons (Fsp3) is 0.235. The molecule has 5 heteroatoms. The molecule has 116 valence electrons. The van der Waals surface area contributed by atoms with Gasteiger partial charge in [0.25, 0.3) is 0 Å². The Bertz CT molecular complexity index is 659. The molecule has 0 aliphatic heterocycles. The molecule has 0 bridgehead atoms. The molecule has 2 N–H and O–H groups in total. The van der Waals surface area contributed by atoms with E-state index < -0.39 is 6.03 Å². The summed E-state index contributed by atoms with van der Waals surface area (Å²) in [7, 11) is 0. The van der Waals surface area contributed by atoms with Gasteiger partial charge in [0.2, 0.25) is 0 Å². The van der Waals surface area contributed by atoms with E-state index in [1.54, 1.807) is 18.2 Å². The van der Waals surface area contributed by atoms with E-state index >= 15 is 0 Å². The van der Waals surface area contributed by atoms with Crippen molar-refractivity contribution in [2.45, 2.75) is 20.4 Å². The zero-order chi connectivity index (χ0) is 15.9. The lowest BCUT2D eigenvalue weighted by molar-refractivity contribution is 0.223. The van der Waals surface area contributed by atoms with Crippen molar-refractivity contribution in [1.29, 1.82) is 0 Å². The van der Waals surface area contributed by atoms with E-state index in [1.807, 2.05) is 32.0 Å². The second kappa shape index (κ2) is 7.45. The number of rotatable bonds is 5. The van der Waals surface area contributed by atoms with Crippen LogP contribution in [0.1, 0.15) is 16.7 Å². The highest BCUT2D eigenvalue weighted by Gasteiger charge is 2.04. The largest absolute Gasteiger partial charge is 0.473 e. The van der Waals surface area contributed by atoms with Crippen LogP contribution in [-0.4, -0.2) is 12.8 Å². The molecule has 22 heavy (non-hydrogen) atoms. The van der Waals surface area contributed by atoms with Gasteiger partial charge in [-0.15, -0.1) is 0 Å². The van der Waals surface area contributed by atoms with Gasteiger partial charge in [0.15, 0.2) is 6.73 Å². The summed E-state index contributed by atoms with van der Waals surface area (Å²) in [4.78, 5) is 11.6. The standard InChI is InChI=1S/C17H19FN2O2/c1-12-7-8-16(13(2)9-12)22-11-20-17(21)19-10-14-5-3-4-6-15(14)18/h3-9H,10-11H2,1-2H3,(H2,19,20,21). The molecular weight excluding hydrogens is 283 g/mol. The molecule has 0 unspecified atom stereocenters. The molecule has 0 saturated carbocycles. The number of hydrogen-bond donors (Lipinski definition) is 2. The van der Waals surface area contributed by atoms with Gasteiger partial charge in [0.05, 0.1) is 0 Å². The van der Waals surface area contributed by atoms with Crippen molar-refractivity contribution >= 4 is 6.03 Å². The van der Waals surface area contributed by atoms with Crippen LogP contribution in [0.15, 0.2) is 42.5 Å². The van der Waals surface area contributed by atoms with Crippen LogP contribution in [0.5, 0.6) is 5.75 Å². The third kappa shape index (κ3) is 4.48. The zero-order valence-corrected chi connectivity index (χ0v) is 12.7. The summed E-state index contributed by atoms with van der Waals surface area (Å²) in [5.41, 5.74) is 2.60. The van der Waals surface area contributed by atoms with E-state index in [4.69, 9.17) is 4.74 Å². The molecule has 4 nitrogen and oxygen atoms in total. The van der Waals surface area contributed by atoms with Crippen LogP contribution in [-0.2, 0) is 6.54 Å². The van der Waals surface area contributed by atoms with Crippen molar-refractivity contribution in [3.05, 3.63) is 65.0 Å². The van der Waals surface area contributed by atoms with Crippen LogP contribution in [0.3, 0.4) is 0 Å². The maximum atomic E-state index is 13.4. The highest BCUT2D eigenvalue weighted by Crippen LogP contribution is 2.18. The minimum atomic E-state index is -0.409. The Labute approximate surface area is 129 Å². The topological polar surface area (TPSA) is 50.4 Å². The molecule has 2 aromatic carbocycles. The Morgan fingerprint density at radius 2 is 1.91 bits per heavy atom. The van der Waals surface area contributed by atoms with Crippen LogP contribution in [0.25, 0.3) is 0 Å². The molecule has 0 aromatic heterocycles. The molecule has 2 rings (SSSR count). The number of urea groups is 1. The van der Waals surface area contributed by atoms with Crippen LogP contribution in [0, 0.1) is 19.7 Å². The first-order valence-corrected chi connectivity index (χ1v) is 7.01. The van der Waals surface area contributed by atoms with Gasteiger partial charge in [0.1, 0.15) is 11.6 Å². The lowest BCUT2D eigenvalue weighted by Crippen LogP contribution is -2.37. The molecular formula is C17H19FN2O2. The first-order valence-electron chi connectivity index (χ1n) is 7.01. The molecule has 0 saturated heterocycles. The lowest BCUT2D eigenvalue weighted by Gasteiger charge is -2.11. The fourth-order valence-electron chi connectivity index (χ4n) is 2.02. The summed E-state index contributed by atoms with van der Waals surface area (Å²) in [5.74, 6) is 0.384. The Kier molecular flexibility index (Phi) is 5.36. The summed E-state index contributed by atoms with van der Waals surface area (Å²) in [6, 6.07) is 11.7. The third-order valence-corrected chi connectivity index (χ3v) is 3.19. The molecule has 0 fully saturated rings. The van der Waals surface area contributed by atoms with Gasteiger partial charge < -0.3 is 15.4 Å². The van der Waals surface area contributed by atoms with Crippen molar-refractivity contribution in [3.63, 3.8) is 0 Å². The van der Waals surface area contributed by atoms with E-state index in [-0.39, 0.29) is 19.1 Å². The fourth-order valence-corrected chi connectivity index (χ4v) is 2.02. The number of amides is 2. The number of hydrogen-bond acceptors (Lipinski definition) is 2. The minimum absolute atomic E-state index is 0.0486. The quantitative estimate of drug-likeness (QED) is 0.833. The Morgan fingerprint density at radius 3 is 2.64 bits per heavy atom. The maximum Gasteiger partial charge on any atom is 0.317 e. The summed E-state index contributed by atoms with van der Waals surface area (Å²) in [6.45, 7) is 4.13. The molecule has 0 atom stereocenters. The predicted octanol–water partition coefficient (Wildman–Crippen LogP) is 3.28. The van der Waals surface area contributed by atoms with Crippen molar-refractivity contribution < 1.29 is 13.9 Å². The Morgan fingerprint density at radius 1 is 1.14 bits per heavy atom. The zero-order valence-electron chi connectivity index (χ0n) is 12.7. The van der Waals surface area contributed by atoms with Crippen molar-refractivity contribution in [2.24, 2.45) is 0 Å². The number of ether oxygens (including phenoxy) is 1. The van der Waals surface area contributed by atoms with Crippen molar-refractivity contribution in [2.75, 3.05) is 6.73 Å². The van der Waals surface area contributed by atoms with Gasteiger partial charge in [-0.05, 0) is 31.5 Å². The number of carbonyl (C=O) groups is 1. The van der Waals surface area contributed by atoms with Gasteiger partial charge in [-0.3, -0.25) is 0 Å². The van der Waals surface area contributed by atoms with E-state index in [0.29, 0.717) is 5.56 Å². The maximum absolute atomic E-state index is 13.4. The summed E-state index contributed by atoms with van der Waals surface area (Å²) in [5, 5.41) is 5.15. The van der Waals surface area contributed by atoms with E-state index in [2.05, 4.69) is 10.6 Å². The van der Waals surface area contributed by atoms with Crippen LogP contribution >= 0.6 is 0 Å². The summed E-state index contributed by atoms with van der Waals surface area (Å²) in [6.07, 6.45) is 0. The molecule has 0 aliphatic rings. The lowest BCUT2D eigenvalue weighted by atomic mass is 10.1. The normalized spacial score (nSPS) is 10.1. The first-order chi connectivity index (χ1) is 10.6. The van der Waals surface area contributed by atoms with Gasteiger partial charge in [0, 0.05) is 12.1 Å². The molecule has 0 heterocycles. The molecule has 0 spiro atoms. The number of nitrogens with one attached hydrogen (secondary N) is 2. The highest BCUT2D eigenvalue weighted by molar-refractivity contribution is 5.73. The van der Waals surface area contributed by atoms with E-state index in [9.17, 15) is 9.18 Å². The van der Waals surface area contributed by atoms with Gasteiger partial charge >= 0.3 is 6.03 Å². The summed E-state index contributed by atoms with van der Waals surface area (Å²) >= 11 is 0. The average molecular weight is 302 g/mol. The van der Waals surface area contributed by atoms with Crippen LogP contribution < -0.4 is 15.4 Å². The second-order valence-corrected chi connectivity index (χ2v) is 5.01. The average Bonchev–Trinajstić information content (AvgIpc) is 2.49.